The molecule has 0 aliphatic carbocycles. The molecule has 0 radical (unpaired) electrons. The Kier molecular flexibility index (Phi) is 4.62. The molecule has 2 aromatic carbocycles. The SMILES string of the molecule is CC(C)=C1NC(=O)[C@H](C[C@]2(O)c3ccccc3N3C(=O)C(C)(C)N[C@H]32)n2c1nc1ccccc1c2=O. The molecule has 3 atom stereocenters. The van der Waals surface area contributed by atoms with E-state index in [1.807, 2.05) is 26.0 Å². The van der Waals surface area contributed by atoms with Gasteiger partial charge < -0.3 is 10.4 Å². The molecule has 0 saturated carbocycles. The number of fused-ring (bicyclic) bond motifs is 5. The van der Waals surface area contributed by atoms with Crippen molar-refractivity contribution in [3.63, 3.8) is 0 Å². The van der Waals surface area contributed by atoms with Gasteiger partial charge in [-0.2, -0.15) is 0 Å². The number of benzene rings is 2. The van der Waals surface area contributed by atoms with Crippen molar-refractivity contribution < 1.29 is 14.7 Å². The number of anilines is 1. The number of nitrogens with zero attached hydrogens (tertiary/aromatic N) is 3. The van der Waals surface area contributed by atoms with E-state index in [4.69, 9.17) is 4.98 Å². The zero-order valence-corrected chi connectivity index (χ0v) is 20.5. The number of aliphatic hydroxyl groups is 1. The van der Waals surface area contributed by atoms with Crippen molar-refractivity contribution in [1.82, 2.24) is 20.2 Å². The Morgan fingerprint density at radius 1 is 1.06 bits per heavy atom. The maximum absolute atomic E-state index is 13.8. The van der Waals surface area contributed by atoms with Gasteiger partial charge in [0.05, 0.1) is 27.8 Å². The van der Waals surface area contributed by atoms with Crippen LogP contribution in [0, 0.1) is 0 Å². The van der Waals surface area contributed by atoms with Crippen molar-refractivity contribution in [2.75, 3.05) is 4.90 Å². The van der Waals surface area contributed by atoms with Gasteiger partial charge in [0.2, 0.25) is 11.8 Å². The third-order valence-corrected chi connectivity index (χ3v) is 7.49. The Morgan fingerprint density at radius 2 is 1.75 bits per heavy atom. The molecule has 3 aliphatic heterocycles. The molecule has 4 heterocycles. The first-order valence-corrected chi connectivity index (χ1v) is 12.0. The molecular formula is C27H27N5O4. The molecule has 6 rings (SSSR count). The molecule has 0 bridgehead atoms. The number of rotatable bonds is 2. The van der Waals surface area contributed by atoms with Crippen molar-refractivity contribution in [3.05, 3.63) is 75.8 Å². The number of hydrogen-bond acceptors (Lipinski definition) is 6. The van der Waals surface area contributed by atoms with Gasteiger partial charge in [-0.3, -0.25) is 29.2 Å². The quantitative estimate of drug-likeness (QED) is 0.512. The van der Waals surface area contributed by atoms with Crippen LogP contribution in [0.1, 0.15) is 51.5 Å². The number of nitrogens with one attached hydrogen (secondary N) is 2. The topological polar surface area (TPSA) is 117 Å². The Balaban J connectivity index is 1.56. The fourth-order valence-corrected chi connectivity index (χ4v) is 5.71. The number of allylic oxidation sites excluding steroid dienone is 1. The van der Waals surface area contributed by atoms with Crippen LogP contribution in [0.25, 0.3) is 16.6 Å². The van der Waals surface area contributed by atoms with E-state index in [0.29, 0.717) is 33.7 Å². The molecule has 1 fully saturated rings. The van der Waals surface area contributed by atoms with Gasteiger partial charge in [-0.15, -0.1) is 0 Å². The monoisotopic (exact) mass is 485 g/mol. The molecule has 0 unspecified atom stereocenters. The summed E-state index contributed by atoms with van der Waals surface area (Å²) in [4.78, 5) is 46.8. The second-order valence-corrected chi connectivity index (χ2v) is 10.5. The molecule has 3 aromatic rings. The molecule has 3 aliphatic rings. The third kappa shape index (κ3) is 2.90. The van der Waals surface area contributed by atoms with Crippen LogP contribution in [-0.2, 0) is 15.2 Å². The van der Waals surface area contributed by atoms with Gasteiger partial charge in [-0.05, 0) is 51.5 Å². The zero-order chi connectivity index (χ0) is 25.6. The lowest BCUT2D eigenvalue weighted by Crippen LogP contribution is -2.54. The largest absolute Gasteiger partial charge is 0.381 e. The lowest BCUT2D eigenvalue weighted by Gasteiger charge is -2.37. The average molecular weight is 486 g/mol. The van der Waals surface area contributed by atoms with Gasteiger partial charge in [-0.1, -0.05) is 30.3 Å². The number of hydrogen-bond donors (Lipinski definition) is 3. The van der Waals surface area contributed by atoms with Crippen LogP contribution < -0.4 is 21.1 Å². The summed E-state index contributed by atoms with van der Waals surface area (Å²) in [6.45, 7) is 7.22. The van der Waals surface area contributed by atoms with Gasteiger partial charge in [-0.25, -0.2) is 4.98 Å². The van der Waals surface area contributed by atoms with Crippen LogP contribution in [0.2, 0.25) is 0 Å². The number of para-hydroxylation sites is 2. The predicted molar refractivity (Wildman–Crippen MR) is 135 cm³/mol. The summed E-state index contributed by atoms with van der Waals surface area (Å²) in [5, 5.41) is 18.8. The second kappa shape index (κ2) is 7.35. The summed E-state index contributed by atoms with van der Waals surface area (Å²) in [5.74, 6) is -0.224. The van der Waals surface area contributed by atoms with E-state index < -0.39 is 29.3 Å². The summed E-state index contributed by atoms with van der Waals surface area (Å²) >= 11 is 0. The molecule has 9 nitrogen and oxygen atoms in total. The third-order valence-electron chi connectivity index (χ3n) is 7.49. The number of amides is 2. The minimum absolute atomic E-state index is 0.129. The van der Waals surface area contributed by atoms with E-state index in [1.54, 1.807) is 55.1 Å². The molecular weight excluding hydrogens is 458 g/mol. The summed E-state index contributed by atoms with van der Waals surface area (Å²) in [5.41, 5.74) is 0.0674. The number of carbonyl (C=O) groups is 2. The van der Waals surface area contributed by atoms with E-state index in [-0.39, 0.29) is 17.9 Å². The van der Waals surface area contributed by atoms with E-state index in [2.05, 4.69) is 10.6 Å². The standard InChI is InChI=1S/C27H27N5O4/c1-14(2)20-21-28-17-11-7-5-9-15(17)23(34)31(21)19(22(33)29-20)13-27(36)16-10-6-8-12-18(16)32-24(27)30-26(3,4)25(32)35/h5-12,19,24,30,36H,13H2,1-4H3,(H,29,33)/t19-,24+,27-/m0/s1. The van der Waals surface area contributed by atoms with Crippen molar-refractivity contribution in [1.29, 1.82) is 0 Å². The van der Waals surface area contributed by atoms with Crippen molar-refractivity contribution in [2.24, 2.45) is 0 Å². The number of aromatic nitrogens is 2. The second-order valence-electron chi connectivity index (χ2n) is 10.5. The first kappa shape index (κ1) is 22.6. The van der Waals surface area contributed by atoms with Crippen LogP contribution in [0.15, 0.2) is 58.9 Å². The van der Waals surface area contributed by atoms with E-state index in [9.17, 15) is 19.5 Å². The first-order chi connectivity index (χ1) is 17.0. The molecule has 2 amide bonds. The van der Waals surface area contributed by atoms with Crippen LogP contribution in [0.3, 0.4) is 0 Å². The van der Waals surface area contributed by atoms with E-state index in [1.165, 1.54) is 4.57 Å². The maximum atomic E-state index is 13.8. The highest BCUT2D eigenvalue weighted by Gasteiger charge is 2.61. The summed E-state index contributed by atoms with van der Waals surface area (Å²) in [6, 6.07) is 13.1. The number of carbonyl (C=O) groups excluding carboxylic acids is 2. The van der Waals surface area contributed by atoms with Gasteiger partial charge >= 0.3 is 0 Å². The van der Waals surface area contributed by atoms with Crippen LogP contribution in [-0.4, -0.2) is 38.2 Å². The first-order valence-electron chi connectivity index (χ1n) is 12.0. The van der Waals surface area contributed by atoms with Gasteiger partial charge in [0.25, 0.3) is 5.56 Å². The molecule has 36 heavy (non-hydrogen) atoms. The molecule has 9 heteroatoms. The van der Waals surface area contributed by atoms with Crippen LogP contribution >= 0.6 is 0 Å². The molecule has 1 saturated heterocycles. The predicted octanol–water partition coefficient (Wildman–Crippen LogP) is 2.15. The van der Waals surface area contributed by atoms with Crippen molar-refractivity contribution >= 4 is 34.1 Å². The highest BCUT2D eigenvalue weighted by molar-refractivity contribution is 6.05. The lowest BCUT2D eigenvalue weighted by molar-refractivity contribution is -0.126. The Morgan fingerprint density at radius 3 is 2.50 bits per heavy atom. The Bertz CT molecular complexity index is 1570. The molecule has 0 spiro atoms. The molecule has 3 N–H and O–H groups in total. The van der Waals surface area contributed by atoms with Crippen LogP contribution in [0.4, 0.5) is 5.69 Å². The highest BCUT2D eigenvalue weighted by Crippen LogP contribution is 2.50. The van der Waals surface area contributed by atoms with E-state index >= 15 is 0 Å². The molecule has 1 aromatic heterocycles. The smallest absolute Gasteiger partial charge is 0.262 e. The minimum Gasteiger partial charge on any atom is -0.381 e. The van der Waals surface area contributed by atoms with Gasteiger partial charge in [0.1, 0.15) is 17.8 Å². The maximum Gasteiger partial charge on any atom is 0.262 e. The fourth-order valence-electron chi connectivity index (χ4n) is 5.71. The lowest BCUT2D eigenvalue weighted by atomic mass is 9.85. The van der Waals surface area contributed by atoms with Crippen molar-refractivity contribution in [2.45, 2.75) is 57.5 Å². The summed E-state index contributed by atoms with van der Waals surface area (Å²) < 4.78 is 1.40. The normalized spacial score (nSPS) is 26.0. The zero-order valence-electron chi connectivity index (χ0n) is 20.5. The van der Waals surface area contributed by atoms with Crippen molar-refractivity contribution in [3.8, 4) is 0 Å². The van der Waals surface area contributed by atoms with Gasteiger partial charge in [0.15, 0.2) is 5.82 Å². The Hall–Kier alpha value is -3.82. The minimum atomic E-state index is -1.63. The summed E-state index contributed by atoms with van der Waals surface area (Å²) in [7, 11) is 0. The molecule has 184 valence electrons. The van der Waals surface area contributed by atoms with Crippen LogP contribution in [0.5, 0.6) is 0 Å². The highest BCUT2D eigenvalue weighted by atomic mass is 16.3. The average Bonchev–Trinajstić information content (AvgIpc) is 3.23. The Labute approximate surface area is 207 Å². The summed E-state index contributed by atoms with van der Waals surface area (Å²) in [6.07, 6.45) is -0.918. The van der Waals surface area contributed by atoms with E-state index in [0.717, 1.165) is 5.57 Å². The fraction of sp³-hybridized carbons (Fsp3) is 0.333. The van der Waals surface area contributed by atoms with Gasteiger partial charge in [0, 0.05) is 12.0 Å².